The Labute approximate surface area is 84.7 Å². The fourth-order valence-corrected chi connectivity index (χ4v) is 1.17. The number of anilines is 1. The smallest absolute Gasteiger partial charge is 0.149 e. The topological polar surface area (TPSA) is 38.1 Å². The van der Waals surface area contributed by atoms with E-state index in [0.717, 1.165) is 5.56 Å². The second-order valence-electron chi connectivity index (χ2n) is 2.98. The second-order valence-corrected chi connectivity index (χ2v) is 2.98. The van der Waals surface area contributed by atoms with Gasteiger partial charge in [-0.05, 0) is 12.1 Å². The molecule has 3 nitrogen and oxygen atoms in total. The largest absolute Gasteiger partial charge is 0.376 e. The first-order chi connectivity index (χ1) is 7.27. The summed E-state index contributed by atoms with van der Waals surface area (Å²) in [5, 5.41) is 6.11. The van der Waals surface area contributed by atoms with Gasteiger partial charge in [-0.25, -0.2) is 8.78 Å². The third-order valence-corrected chi connectivity index (χ3v) is 1.92. The van der Waals surface area contributed by atoms with Gasteiger partial charge in [0, 0.05) is 12.1 Å². The van der Waals surface area contributed by atoms with Gasteiger partial charge in [0.05, 0.1) is 6.20 Å². The molecule has 1 aromatic heterocycles. The highest BCUT2D eigenvalue weighted by Crippen LogP contribution is 2.18. The minimum absolute atomic E-state index is 0.140. The van der Waals surface area contributed by atoms with E-state index in [4.69, 9.17) is 0 Å². The van der Waals surface area contributed by atoms with E-state index in [2.05, 4.69) is 15.0 Å². The second kappa shape index (κ2) is 4.08. The van der Waals surface area contributed by atoms with Crippen LogP contribution in [-0.2, 0) is 6.54 Å². The molecule has 1 heterocycles. The van der Waals surface area contributed by atoms with Gasteiger partial charge in [-0.2, -0.15) is 0 Å². The van der Waals surface area contributed by atoms with E-state index in [1.807, 2.05) is 0 Å². The lowest BCUT2D eigenvalue weighted by atomic mass is 10.2. The summed E-state index contributed by atoms with van der Waals surface area (Å²) in [6.07, 6.45) is 2.89. The normalized spacial score (nSPS) is 10.3. The average Bonchev–Trinajstić information content (AvgIpc) is 2.70. The molecule has 0 radical (unpaired) electrons. The summed E-state index contributed by atoms with van der Waals surface area (Å²) in [5.74, 6) is -1.24. The third-order valence-electron chi connectivity index (χ3n) is 1.92. The number of halogens is 2. The zero-order valence-electron chi connectivity index (χ0n) is 7.71. The van der Waals surface area contributed by atoms with Gasteiger partial charge in [-0.1, -0.05) is 11.2 Å². The van der Waals surface area contributed by atoms with Gasteiger partial charge in [-0.3, -0.25) is 0 Å². The fraction of sp³-hybridized carbons (Fsp3) is 0.100. The standard InChI is InChI=1S/C10H8F2N2O/c11-8-2-1-3-9(12)10(8)13-4-7-5-14-15-6-7/h1-3,5-6,13H,4H2. The summed E-state index contributed by atoms with van der Waals surface area (Å²) in [6.45, 7) is 0.265. The SMILES string of the molecule is Fc1cccc(F)c1NCc1cnoc1. The molecule has 15 heavy (non-hydrogen) atoms. The lowest BCUT2D eigenvalue weighted by Gasteiger charge is -2.06. The number of para-hydroxylation sites is 1. The number of nitrogens with zero attached hydrogens (tertiary/aromatic N) is 1. The van der Waals surface area contributed by atoms with Crippen LogP contribution in [0.5, 0.6) is 0 Å². The van der Waals surface area contributed by atoms with Crippen LogP contribution in [0.15, 0.2) is 35.2 Å². The van der Waals surface area contributed by atoms with Crippen molar-refractivity contribution in [3.63, 3.8) is 0 Å². The first-order valence-corrected chi connectivity index (χ1v) is 4.33. The van der Waals surface area contributed by atoms with E-state index in [1.54, 1.807) is 0 Å². The van der Waals surface area contributed by atoms with Gasteiger partial charge in [0.1, 0.15) is 23.6 Å². The summed E-state index contributed by atoms with van der Waals surface area (Å²) in [6, 6.07) is 3.70. The van der Waals surface area contributed by atoms with Crippen LogP contribution in [0.1, 0.15) is 5.56 Å². The maximum Gasteiger partial charge on any atom is 0.149 e. The van der Waals surface area contributed by atoms with Gasteiger partial charge in [0.15, 0.2) is 0 Å². The number of aromatic nitrogens is 1. The molecular formula is C10H8F2N2O. The van der Waals surface area contributed by atoms with Crippen molar-refractivity contribution in [2.75, 3.05) is 5.32 Å². The molecule has 78 valence electrons. The number of rotatable bonds is 3. The number of hydrogen-bond acceptors (Lipinski definition) is 3. The van der Waals surface area contributed by atoms with E-state index in [0.29, 0.717) is 0 Å². The molecule has 0 unspecified atom stereocenters. The van der Waals surface area contributed by atoms with Gasteiger partial charge in [-0.15, -0.1) is 0 Å². The Kier molecular flexibility index (Phi) is 2.62. The monoisotopic (exact) mass is 210 g/mol. The molecule has 2 rings (SSSR count). The Morgan fingerprint density at radius 1 is 1.27 bits per heavy atom. The molecule has 5 heteroatoms. The van der Waals surface area contributed by atoms with Crippen LogP contribution in [0.2, 0.25) is 0 Å². The van der Waals surface area contributed by atoms with Gasteiger partial charge in [0.25, 0.3) is 0 Å². The Bertz CT molecular complexity index is 422. The molecule has 0 saturated heterocycles. The Hall–Kier alpha value is -1.91. The molecule has 2 aromatic rings. The minimum Gasteiger partial charge on any atom is -0.376 e. The van der Waals surface area contributed by atoms with Crippen LogP contribution in [0.4, 0.5) is 14.5 Å². The van der Waals surface area contributed by atoms with E-state index < -0.39 is 11.6 Å². The quantitative estimate of drug-likeness (QED) is 0.846. The predicted molar refractivity (Wildman–Crippen MR) is 50.2 cm³/mol. The van der Waals surface area contributed by atoms with Crippen molar-refractivity contribution in [2.24, 2.45) is 0 Å². The van der Waals surface area contributed by atoms with Crippen molar-refractivity contribution >= 4 is 5.69 Å². The van der Waals surface area contributed by atoms with Gasteiger partial charge < -0.3 is 9.84 Å². The zero-order valence-corrected chi connectivity index (χ0v) is 7.71. The first-order valence-electron chi connectivity index (χ1n) is 4.33. The van der Waals surface area contributed by atoms with E-state index in [-0.39, 0.29) is 12.2 Å². The maximum atomic E-state index is 13.1. The highest BCUT2D eigenvalue weighted by molar-refractivity contribution is 5.46. The Morgan fingerprint density at radius 2 is 2.00 bits per heavy atom. The zero-order chi connectivity index (χ0) is 10.7. The van der Waals surface area contributed by atoms with Crippen molar-refractivity contribution in [3.05, 3.63) is 47.9 Å². The van der Waals surface area contributed by atoms with Crippen LogP contribution < -0.4 is 5.32 Å². The van der Waals surface area contributed by atoms with Crippen LogP contribution in [0, 0.1) is 11.6 Å². The molecule has 1 aromatic carbocycles. The van der Waals surface area contributed by atoms with Crippen LogP contribution in [-0.4, -0.2) is 5.16 Å². The van der Waals surface area contributed by atoms with E-state index >= 15 is 0 Å². The van der Waals surface area contributed by atoms with Crippen molar-refractivity contribution in [1.29, 1.82) is 0 Å². The summed E-state index contributed by atoms with van der Waals surface area (Å²) < 4.78 is 30.9. The summed E-state index contributed by atoms with van der Waals surface area (Å²) >= 11 is 0. The van der Waals surface area contributed by atoms with Crippen molar-refractivity contribution < 1.29 is 13.3 Å². The highest BCUT2D eigenvalue weighted by Gasteiger charge is 2.07. The molecule has 0 atom stereocenters. The maximum absolute atomic E-state index is 13.1. The summed E-state index contributed by atoms with van der Waals surface area (Å²) in [7, 11) is 0. The molecule has 1 N–H and O–H groups in total. The van der Waals surface area contributed by atoms with E-state index in [1.165, 1.54) is 30.7 Å². The van der Waals surface area contributed by atoms with Crippen molar-refractivity contribution in [1.82, 2.24) is 5.16 Å². The minimum atomic E-state index is -0.619. The number of nitrogens with one attached hydrogen (secondary N) is 1. The first kappa shape index (κ1) is 9.64. The fourth-order valence-electron chi connectivity index (χ4n) is 1.17. The van der Waals surface area contributed by atoms with Gasteiger partial charge >= 0.3 is 0 Å². The highest BCUT2D eigenvalue weighted by atomic mass is 19.1. The lowest BCUT2D eigenvalue weighted by Crippen LogP contribution is -2.02. The molecule has 0 aliphatic rings. The van der Waals surface area contributed by atoms with Gasteiger partial charge in [0.2, 0.25) is 0 Å². The predicted octanol–water partition coefficient (Wildman–Crippen LogP) is 2.56. The number of benzene rings is 1. The van der Waals surface area contributed by atoms with Crippen LogP contribution in [0.3, 0.4) is 0 Å². The van der Waals surface area contributed by atoms with Crippen LogP contribution in [0.25, 0.3) is 0 Å². The molecule has 0 saturated carbocycles. The number of hydrogen-bond donors (Lipinski definition) is 1. The molecule has 0 bridgehead atoms. The van der Waals surface area contributed by atoms with Crippen LogP contribution >= 0.6 is 0 Å². The third kappa shape index (κ3) is 2.12. The van der Waals surface area contributed by atoms with Crippen molar-refractivity contribution in [2.45, 2.75) is 6.54 Å². The summed E-state index contributed by atoms with van der Waals surface area (Å²) in [5.41, 5.74) is 0.580. The lowest BCUT2D eigenvalue weighted by molar-refractivity contribution is 0.419. The Morgan fingerprint density at radius 3 is 2.60 bits per heavy atom. The average molecular weight is 210 g/mol. The molecule has 0 spiro atoms. The summed E-state index contributed by atoms with van der Waals surface area (Å²) in [4.78, 5) is 0. The molecule has 0 aliphatic carbocycles. The Balaban J connectivity index is 2.11. The van der Waals surface area contributed by atoms with Crippen molar-refractivity contribution in [3.8, 4) is 0 Å². The molecule has 0 amide bonds. The molecule has 0 aliphatic heterocycles. The molecule has 0 fully saturated rings. The molecular weight excluding hydrogens is 202 g/mol. The van der Waals surface area contributed by atoms with E-state index in [9.17, 15) is 8.78 Å².